The monoisotopic (exact) mass is 289 g/mol. The largest absolute Gasteiger partial charge is 0.326 e. The lowest BCUT2D eigenvalue weighted by Crippen LogP contribution is -2.45. The molecule has 21 heavy (non-hydrogen) atoms. The van der Waals surface area contributed by atoms with Gasteiger partial charge in [-0.3, -0.25) is 9.88 Å². The number of hydrogen-bond acceptors (Lipinski definition) is 3. The number of pyridine rings is 1. The molecule has 1 aromatic rings. The van der Waals surface area contributed by atoms with Gasteiger partial charge in [0.25, 0.3) is 0 Å². The summed E-state index contributed by atoms with van der Waals surface area (Å²) >= 11 is 0. The molecular formula is C18H31N3. The fourth-order valence-electron chi connectivity index (χ4n) is 3.75. The molecule has 3 heteroatoms. The molecule has 1 aliphatic carbocycles. The van der Waals surface area contributed by atoms with Crippen molar-refractivity contribution in [3.05, 3.63) is 30.1 Å². The quantitative estimate of drug-likeness (QED) is 0.867. The van der Waals surface area contributed by atoms with E-state index >= 15 is 0 Å². The van der Waals surface area contributed by atoms with Crippen LogP contribution in [0.4, 0.5) is 0 Å². The maximum atomic E-state index is 6.44. The average Bonchev–Trinajstić information content (AvgIpc) is 2.55. The number of likely N-dealkylation sites (N-methyl/N-ethyl adjacent to an activating group) is 1. The Bertz CT molecular complexity index is 398. The highest BCUT2D eigenvalue weighted by Crippen LogP contribution is 2.34. The average molecular weight is 289 g/mol. The third-order valence-corrected chi connectivity index (χ3v) is 5.31. The van der Waals surface area contributed by atoms with Crippen molar-refractivity contribution in [2.75, 3.05) is 7.05 Å². The van der Waals surface area contributed by atoms with E-state index in [4.69, 9.17) is 5.73 Å². The Labute approximate surface area is 129 Å². The predicted octanol–water partition coefficient (Wildman–Crippen LogP) is 3.76. The Morgan fingerprint density at radius 2 is 2.00 bits per heavy atom. The molecule has 2 N–H and O–H groups in total. The molecule has 0 spiro atoms. The first-order valence-corrected chi connectivity index (χ1v) is 8.54. The molecule has 118 valence electrons. The number of nitrogens with two attached hydrogens (primary N) is 1. The fourth-order valence-corrected chi connectivity index (χ4v) is 3.75. The van der Waals surface area contributed by atoms with Crippen LogP contribution in [0.5, 0.6) is 0 Å². The van der Waals surface area contributed by atoms with Gasteiger partial charge in [0, 0.05) is 24.5 Å². The van der Waals surface area contributed by atoms with Crippen molar-refractivity contribution in [3.8, 4) is 0 Å². The van der Waals surface area contributed by atoms with E-state index in [1.807, 2.05) is 18.5 Å². The number of hydrogen-bond donors (Lipinski definition) is 1. The minimum atomic E-state index is 0.170. The van der Waals surface area contributed by atoms with Crippen LogP contribution in [0.1, 0.15) is 64.0 Å². The first-order chi connectivity index (χ1) is 10.2. The maximum Gasteiger partial charge on any atom is 0.0514 e. The standard InChI is InChI=1S/C18H31N3/c1-4-14-8-10-16(11-9-14)21(3)18(17(19)5-2)15-7-6-12-20-13-15/h6-7,12-14,16-18H,4-5,8-11,19H2,1-3H3. The molecular weight excluding hydrogens is 258 g/mol. The van der Waals surface area contributed by atoms with Crippen molar-refractivity contribution in [2.45, 2.75) is 70.5 Å². The third kappa shape index (κ3) is 4.04. The highest BCUT2D eigenvalue weighted by Gasteiger charge is 2.30. The Hall–Kier alpha value is -0.930. The van der Waals surface area contributed by atoms with E-state index in [2.05, 4.69) is 36.8 Å². The van der Waals surface area contributed by atoms with Gasteiger partial charge in [-0.25, -0.2) is 0 Å². The molecule has 2 rings (SSSR count). The molecule has 0 amide bonds. The van der Waals surface area contributed by atoms with E-state index in [9.17, 15) is 0 Å². The minimum Gasteiger partial charge on any atom is -0.326 e. The lowest BCUT2D eigenvalue weighted by atomic mass is 9.83. The molecule has 1 fully saturated rings. The van der Waals surface area contributed by atoms with E-state index in [1.165, 1.54) is 37.7 Å². The second-order valence-corrected chi connectivity index (χ2v) is 6.55. The van der Waals surface area contributed by atoms with Crippen LogP contribution in [0.25, 0.3) is 0 Å². The molecule has 0 aromatic carbocycles. The molecule has 1 saturated carbocycles. The summed E-state index contributed by atoms with van der Waals surface area (Å²) in [4.78, 5) is 6.82. The maximum absolute atomic E-state index is 6.44. The summed E-state index contributed by atoms with van der Waals surface area (Å²) in [6.07, 6.45) is 11.5. The SMILES string of the molecule is CCC1CCC(N(C)C(c2cccnc2)C(N)CC)CC1. The van der Waals surface area contributed by atoms with Gasteiger partial charge >= 0.3 is 0 Å². The predicted molar refractivity (Wildman–Crippen MR) is 89.0 cm³/mol. The van der Waals surface area contributed by atoms with Crippen molar-refractivity contribution in [2.24, 2.45) is 11.7 Å². The van der Waals surface area contributed by atoms with E-state index in [0.29, 0.717) is 6.04 Å². The summed E-state index contributed by atoms with van der Waals surface area (Å²) in [5.41, 5.74) is 7.70. The zero-order valence-electron chi connectivity index (χ0n) is 13.8. The van der Waals surface area contributed by atoms with Crippen molar-refractivity contribution in [1.82, 2.24) is 9.88 Å². The number of nitrogens with zero attached hydrogens (tertiary/aromatic N) is 2. The smallest absolute Gasteiger partial charge is 0.0514 e. The van der Waals surface area contributed by atoms with Crippen LogP contribution < -0.4 is 5.73 Å². The highest BCUT2D eigenvalue weighted by atomic mass is 15.2. The summed E-state index contributed by atoms with van der Waals surface area (Å²) in [6.45, 7) is 4.50. The van der Waals surface area contributed by atoms with Crippen LogP contribution in [0.15, 0.2) is 24.5 Å². The van der Waals surface area contributed by atoms with E-state index in [0.717, 1.165) is 12.3 Å². The van der Waals surface area contributed by atoms with Gasteiger partial charge in [-0.1, -0.05) is 26.3 Å². The summed E-state index contributed by atoms with van der Waals surface area (Å²) < 4.78 is 0. The van der Waals surface area contributed by atoms with Crippen LogP contribution in [-0.2, 0) is 0 Å². The number of aromatic nitrogens is 1. The summed E-state index contributed by atoms with van der Waals surface area (Å²) in [7, 11) is 2.25. The molecule has 1 aliphatic rings. The van der Waals surface area contributed by atoms with Gasteiger partial charge in [0.2, 0.25) is 0 Å². The minimum absolute atomic E-state index is 0.170. The Kier molecular flexibility index (Phi) is 6.19. The van der Waals surface area contributed by atoms with Gasteiger partial charge in [0.15, 0.2) is 0 Å². The second-order valence-electron chi connectivity index (χ2n) is 6.55. The van der Waals surface area contributed by atoms with Crippen LogP contribution in [0, 0.1) is 5.92 Å². The summed E-state index contributed by atoms with van der Waals surface area (Å²) in [5.74, 6) is 0.936. The van der Waals surface area contributed by atoms with Gasteiger partial charge in [0.05, 0.1) is 6.04 Å². The Morgan fingerprint density at radius 1 is 1.29 bits per heavy atom. The van der Waals surface area contributed by atoms with Crippen LogP contribution in [0.3, 0.4) is 0 Å². The van der Waals surface area contributed by atoms with E-state index in [-0.39, 0.29) is 12.1 Å². The van der Waals surface area contributed by atoms with E-state index < -0.39 is 0 Å². The first-order valence-electron chi connectivity index (χ1n) is 8.54. The van der Waals surface area contributed by atoms with Crippen molar-refractivity contribution in [3.63, 3.8) is 0 Å². The van der Waals surface area contributed by atoms with Gasteiger partial charge < -0.3 is 5.73 Å². The van der Waals surface area contributed by atoms with Gasteiger partial charge in [-0.15, -0.1) is 0 Å². The Morgan fingerprint density at radius 3 is 2.52 bits per heavy atom. The molecule has 0 radical (unpaired) electrons. The Balaban J connectivity index is 2.10. The summed E-state index contributed by atoms with van der Waals surface area (Å²) in [5, 5.41) is 0. The van der Waals surface area contributed by atoms with Gasteiger partial charge in [-0.05, 0) is 56.7 Å². The molecule has 3 nitrogen and oxygen atoms in total. The molecule has 0 saturated heterocycles. The van der Waals surface area contributed by atoms with Crippen molar-refractivity contribution in [1.29, 1.82) is 0 Å². The molecule has 2 unspecified atom stereocenters. The lowest BCUT2D eigenvalue weighted by Gasteiger charge is -2.41. The molecule has 0 bridgehead atoms. The van der Waals surface area contributed by atoms with Gasteiger partial charge in [0.1, 0.15) is 0 Å². The third-order valence-electron chi connectivity index (χ3n) is 5.31. The van der Waals surface area contributed by atoms with Crippen molar-refractivity contribution < 1.29 is 0 Å². The summed E-state index contributed by atoms with van der Waals surface area (Å²) in [6, 6.07) is 5.30. The second kappa shape index (κ2) is 7.90. The lowest BCUT2D eigenvalue weighted by molar-refractivity contribution is 0.103. The molecule has 1 aromatic heterocycles. The topological polar surface area (TPSA) is 42.2 Å². The first kappa shape index (κ1) is 16.4. The fraction of sp³-hybridized carbons (Fsp3) is 0.722. The zero-order valence-corrected chi connectivity index (χ0v) is 13.8. The highest BCUT2D eigenvalue weighted by molar-refractivity contribution is 5.16. The van der Waals surface area contributed by atoms with Crippen LogP contribution in [0.2, 0.25) is 0 Å². The van der Waals surface area contributed by atoms with Crippen LogP contribution >= 0.6 is 0 Å². The normalized spacial score (nSPS) is 25.8. The number of rotatable bonds is 6. The molecule has 2 atom stereocenters. The van der Waals surface area contributed by atoms with Gasteiger partial charge in [-0.2, -0.15) is 0 Å². The van der Waals surface area contributed by atoms with Crippen molar-refractivity contribution >= 4 is 0 Å². The van der Waals surface area contributed by atoms with E-state index in [1.54, 1.807) is 0 Å². The molecule has 1 heterocycles. The molecule has 0 aliphatic heterocycles. The zero-order chi connectivity index (χ0) is 15.2. The van der Waals surface area contributed by atoms with Crippen LogP contribution in [-0.4, -0.2) is 29.0 Å².